The zero-order chi connectivity index (χ0) is 11.4. The monoisotopic (exact) mass is 217 g/mol. The molecular weight excluding hydrogens is 210 g/mol. The number of nitrogens with zero attached hydrogens (tertiary/aromatic N) is 3. The molecule has 16 heavy (non-hydrogen) atoms. The SMILES string of the molecule is O=[N+]([O-])Oc1cccnc1-c1ccccn1. The van der Waals surface area contributed by atoms with Crippen LogP contribution in [-0.2, 0) is 0 Å². The van der Waals surface area contributed by atoms with Crippen LogP contribution in [0.4, 0.5) is 0 Å². The summed E-state index contributed by atoms with van der Waals surface area (Å²) in [7, 11) is 0. The number of aromatic nitrogens is 2. The van der Waals surface area contributed by atoms with Crippen LogP contribution in [-0.4, -0.2) is 15.1 Å². The molecule has 2 aromatic heterocycles. The predicted molar refractivity (Wildman–Crippen MR) is 55.1 cm³/mol. The lowest BCUT2D eigenvalue weighted by molar-refractivity contribution is -0.711. The fourth-order valence-electron chi connectivity index (χ4n) is 1.24. The summed E-state index contributed by atoms with van der Waals surface area (Å²) in [6, 6.07) is 8.26. The van der Waals surface area contributed by atoms with Crippen LogP contribution in [0.25, 0.3) is 11.4 Å². The zero-order valence-corrected chi connectivity index (χ0v) is 8.11. The Labute approximate surface area is 90.6 Å². The maximum atomic E-state index is 10.3. The number of pyridine rings is 2. The number of hydrogen-bond donors (Lipinski definition) is 0. The highest BCUT2D eigenvalue weighted by Gasteiger charge is 2.10. The Balaban J connectivity index is 2.44. The maximum Gasteiger partial charge on any atom is 0.299 e. The van der Waals surface area contributed by atoms with E-state index in [1.807, 2.05) is 0 Å². The third kappa shape index (κ3) is 2.11. The lowest BCUT2D eigenvalue weighted by Gasteiger charge is -2.04. The van der Waals surface area contributed by atoms with Crippen LogP contribution in [0.3, 0.4) is 0 Å². The molecule has 0 saturated carbocycles. The van der Waals surface area contributed by atoms with E-state index < -0.39 is 5.09 Å². The van der Waals surface area contributed by atoms with Crippen molar-refractivity contribution in [1.82, 2.24) is 9.97 Å². The Hall–Kier alpha value is -2.50. The van der Waals surface area contributed by atoms with E-state index in [2.05, 4.69) is 14.8 Å². The van der Waals surface area contributed by atoms with Gasteiger partial charge in [-0.05, 0) is 24.3 Å². The third-order valence-corrected chi connectivity index (χ3v) is 1.85. The van der Waals surface area contributed by atoms with E-state index in [-0.39, 0.29) is 5.75 Å². The van der Waals surface area contributed by atoms with Crippen LogP contribution < -0.4 is 4.84 Å². The van der Waals surface area contributed by atoms with Crippen molar-refractivity contribution < 1.29 is 9.92 Å². The van der Waals surface area contributed by atoms with Crippen molar-refractivity contribution in [2.75, 3.05) is 0 Å². The lowest BCUT2D eigenvalue weighted by Crippen LogP contribution is -2.05. The third-order valence-electron chi connectivity index (χ3n) is 1.85. The first-order chi connectivity index (χ1) is 7.77. The summed E-state index contributed by atoms with van der Waals surface area (Å²) in [6.07, 6.45) is 3.11. The summed E-state index contributed by atoms with van der Waals surface area (Å²) in [5.41, 5.74) is 0.875. The van der Waals surface area contributed by atoms with Gasteiger partial charge in [0.25, 0.3) is 5.09 Å². The molecule has 0 radical (unpaired) electrons. The van der Waals surface area contributed by atoms with Crippen LogP contribution in [0.2, 0.25) is 0 Å². The highest BCUT2D eigenvalue weighted by atomic mass is 17.0. The first-order valence-electron chi connectivity index (χ1n) is 4.46. The molecule has 2 aromatic rings. The Bertz CT molecular complexity index is 502. The van der Waals surface area contributed by atoms with E-state index in [0.717, 1.165) is 0 Å². The van der Waals surface area contributed by atoms with Crippen molar-refractivity contribution in [3.05, 3.63) is 52.8 Å². The van der Waals surface area contributed by atoms with E-state index in [0.29, 0.717) is 11.4 Å². The van der Waals surface area contributed by atoms with E-state index in [9.17, 15) is 10.1 Å². The molecule has 0 unspecified atom stereocenters. The zero-order valence-electron chi connectivity index (χ0n) is 8.11. The Morgan fingerprint density at radius 1 is 1.12 bits per heavy atom. The Morgan fingerprint density at radius 2 is 1.94 bits per heavy atom. The molecule has 0 spiro atoms. The van der Waals surface area contributed by atoms with Gasteiger partial charge in [0.1, 0.15) is 5.69 Å². The van der Waals surface area contributed by atoms with Crippen molar-refractivity contribution in [2.24, 2.45) is 0 Å². The molecule has 0 bridgehead atoms. The van der Waals surface area contributed by atoms with E-state index >= 15 is 0 Å². The normalized spacial score (nSPS) is 9.75. The fraction of sp³-hybridized carbons (Fsp3) is 0. The molecule has 0 aliphatic rings. The molecule has 2 heterocycles. The second-order valence-corrected chi connectivity index (χ2v) is 2.88. The molecule has 2 rings (SSSR count). The predicted octanol–water partition coefficient (Wildman–Crippen LogP) is 1.71. The van der Waals surface area contributed by atoms with Crippen LogP contribution in [0.1, 0.15) is 0 Å². The number of hydrogen-bond acceptors (Lipinski definition) is 5. The lowest BCUT2D eigenvalue weighted by atomic mass is 10.2. The van der Waals surface area contributed by atoms with Crippen LogP contribution in [0, 0.1) is 10.1 Å². The summed E-state index contributed by atoms with van der Waals surface area (Å²) >= 11 is 0. The van der Waals surface area contributed by atoms with E-state index in [1.54, 1.807) is 30.5 Å². The van der Waals surface area contributed by atoms with Crippen LogP contribution in [0.5, 0.6) is 5.75 Å². The minimum Gasteiger partial charge on any atom is -0.274 e. The second kappa shape index (κ2) is 4.35. The van der Waals surface area contributed by atoms with Crippen molar-refractivity contribution in [3.63, 3.8) is 0 Å². The average Bonchev–Trinajstić information content (AvgIpc) is 2.30. The highest BCUT2D eigenvalue weighted by Crippen LogP contribution is 2.25. The van der Waals surface area contributed by atoms with Gasteiger partial charge in [-0.3, -0.25) is 14.8 Å². The maximum absolute atomic E-state index is 10.3. The van der Waals surface area contributed by atoms with Gasteiger partial charge < -0.3 is 0 Å². The van der Waals surface area contributed by atoms with Gasteiger partial charge in [-0.2, -0.15) is 0 Å². The first kappa shape index (κ1) is 10.0. The van der Waals surface area contributed by atoms with Gasteiger partial charge in [0, 0.05) is 12.4 Å². The van der Waals surface area contributed by atoms with Crippen LogP contribution in [0.15, 0.2) is 42.7 Å². The minimum absolute atomic E-state index is 0.0752. The van der Waals surface area contributed by atoms with Gasteiger partial charge in [0.2, 0.25) is 0 Å². The molecule has 0 atom stereocenters. The summed E-state index contributed by atoms with van der Waals surface area (Å²) < 4.78 is 0. The second-order valence-electron chi connectivity index (χ2n) is 2.88. The van der Waals surface area contributed by atoms with Crippen molar-refractivity contribution in [3.8, 4) is 17.1 Å². The van der Waals surface area contributed by atoms with Gasteiger partial charge in [0.05, 0.1) is 5.69 Å². The molecule has 0 fully saturated rings. The first-order valence-corrected chi connectivity index (χ1v) is 4.46. The van der Waals surface area contributed by atoms with Gasteiger partial charge in [-0.25, -0.2) is 0 Å². The van der Waals surface area contributed by atoms with Crippen molar-refractivity contribution >= 4 is 0 Å². The van der Waals surface area contributed by atoms with Crippen molar-refractivity contribution in [1.29, 1.82) is 0 Å². The van der Waals surface area contributed by atoms with Gasteiger partial charge in [-0.15, -0.1) is 10.1 Å². The van der Waals surface area contributed by atoms with Gasteiger partial charge in [-0.1, -0.05) is 6.07 Å². The van der Waals surface area contributed by atoms with Crippen molar-refractivity contribution in [2.45, 2.75) is 0 Å². The average molecular weight is 217 g/mol. The summed E-state index contributed by atoms with van der Waals surface area (Å²) in [4.78, 5) is 22.8. The Morgan fingerprint density at radius 3 is 2.62 bits per heavy atom. The highest BCUT2D eigenvalue weighted by molar-refractivity contribution is 5.61. The van der Waals surface area contributed by atoms with Crippen LogP contribution >= 0.6 is 0 Å². The molecule has 6 nitrogen and oxygen atoms in total. The fourth-order valence-corrected chi connectivity index (χ4v) is 1.24. The smallest absolute Gasteiger partial charge is 0.274 e. The molecule has 0 aromatic carbocycles. The quantitative estimate of drug-likeness (QED) is 0.577. The molecule has 0 amide bonds. The molecule has 80 valence electrons. The molecule has 0 aliphatic heterocycles. The minimum atomic E-state index is -0.872. The topological polar surface area (TPSA) is 78.2 Å². The van der Waals surface area contributed by atoms with E-state index in [1.165, 1.54) is 12.3 Å². The molecule has 0 aliphatic carbocycles. The largest absolute Gasteiger partial charge is 0.299 e. The summed E-state index contributed by atoms with van der Waals surface area (Å²) in [6.45, 7) is 0. The molecule has 6 heteroatoms. The standard InChI is InChI=1S/C10H7N3O3/c14-13(15)16-9-5-3-7-12-10(9)8-4-1-2-6-11-8/h1-7H. The summed E-state index contributed by atoms with van der Waals surface area (Å²) in [5, 5.41) is 9.42. The molecule has 0 saturated heterocycles. The van der Waals surface area contributed by atoms with E-state index in [4.69, 9.17) is 0 Å². The van der Waals surface area contributed by atoms with Gasteiger partial charge >= 0.3 is 0 Å². The number of rotatable bonds is 3. The molecular formula is C10H7N3O3. The molecule has 0 N–H and O–H groups in total. The Kier molecular flexibility index (Phi) is 2.73. The summed E-state index contributed by atoms with van der Waals surface area (Å²) in [5.74, 6) is 0.0752. The van der Waals surface area contributed by atoms with Gasteiger partial charge in [0.15, 0.2) is 5.75 Å².